The second-order valence-electron chi connectivity index (χ2n) is 24.4. The van der Waals surface area contributed by atoms with Gasteiger partial charge in [0.15, 0.2) is 0 Å². The summed E-state index contributed by atoms with van der Waals surface area (Å²) >= 11 is 0. The van der Waals surface area contributed by atoms with Crippen molar-refractivity contribution in [3.63, 3.8) is 0 Å². The number of halogens is 3. The fourth-order valence-corrected chi connectivity index (χ4v) is 15.1. The lowest BCUT2D eigenvalue weighted by molar-refractivity contribution is -0.137. The van der Waals surface area contributed by atoms with Crippen molar-refractivity contribution in [2.75, 3.05) is 9.80 Å². The van der Waals surface area contributed by atoms with Gasteiger partial charge < -0.3 is 9.80 Å². The van der Waals surface area contributed by atoms with Gasteiger partial charge in [0.05, 0.1) is 27.8 Å². The quantitative estimate of drug-likeness (QED) is 0.114. The average Bonchev–Trinajstić information content (AvgIpc) is 1.56. The van der Waals surface area contributed by atoms with E-state index in [-0.39, 0.29) is 0 Å². The molecule has 0 saturated heterocycles. The Balaban J connectivity index is 0.825. The van der Waals surface area contributed by atoms with Crippen LogP contribution in [-0.2, 0) is 17.0 Å². The van der Waals surface area contributed by atoms with Gasteiger partial charge in [0.25, 0.3) is 0 Å². The molecule has 14 aromatic rings. The van der Waals surface area contributed by atoms with Gasteiger partial charge in [-0.15, -0.1) is 0 Å². The molecule has 93 heavy (non-hydrogen) atoms. The van der Waals surface area contributed by atoms with Crippen LogP contribution in [0.4, 0.5) is 47.3 Å². The molecule has 0 bridgehead atoms. The Labute approximate surface area is 540 Å². The summed E-state index contributed by atoms with van der Waals surface area (Å²) in [7, 11) is 0. The van der Waals surface area contributed by atoms with Gasteiger partial charge in [0.2, 0.25) is 0 Å². The highest BCUT2D eigenvalue weighted by molar-refractivity contribution is 6.02. The summed E-state index contributed by atoms with van der Waals surface area (Å²) < 4.78 is 43.1. The molecule has 0 fully saturated rings. The summed E-state index contributed by atoms with van der Waals surface area (Å²) in [5.41, 5.74) is 22.0. The van der Waals surface area contributed by atoms with Crippen molar-refractivity contribution in [1.82, 2.24) is 0 Å². The number of hydrogen-bond acceptors (Lipinski definition) is 2. The maximum absolute atomic E-state index is 14.4. The second-order valence-corrected chi connectivity index (χ2v) is 24.4. The molecule has 0 heterocycles. The zero-order valence-electron chi connectivity index (χ0n) is 51.1. The van der Waals surface area contributed by atoms with Crippen LogP contribution in [0.5, 0.6) is 0 Å². The van der Waals surface area contributed by atoms with Crippen LogP contribution < -0.4 is 9.80 Å². The Kier molecular flexibility index (Phi) is 13.7. The van der Waals surface area contributed by atoms with Gasteiger partial charge in [0.1, 0.15) is 0 Å². The molecule has 0 radical (unpaired) electrons. The molecule has 14 aromatic carbocycles. The topological polar surface area (TPSA) is 6.48 Å². The monoisotopic (exact) mass is 1200 g/mol. The Bertz CT molecular complexity index is 5210. The summed E-state index contributed by atoms with van der Waals surface area (Å²) in [4.78, 5) is 4.73. The number of rotatable bonds is 13. The fourth-order valence-electron chi connectivity index (χ4n) is 15.1. The SMILES string of the molecule is C=Cc1ccc(C2(c3ccc(C)cc3)c3ccccc3-c3ccc(N(c4ccc(-c5ccc(N(c6ccc7c(c6)C(c6ccc(C=C)cc6)(c6ccc(C(F)(F)F)cc6)c6ccccc6-7)c6cccc7ccccc67)cc5)cc4)c4cccc5ccccc45)cc32)cc1. The number of fused-ring (bicyclic) bond motifs is 8. The maximum atomic E-state index is 14.4. The highest BCUT2D eigenvalue weighted by Crippen LogP contribution is 2.60. The minimum atomic E-state index is -4.50. The first-order valence-electron chi connectivity index (χ1n) is 31.5. The second kappa shape index (κ2) is 22.4. The summed E-state index contributed by atoms with van der Waals surface area (Å²) in [5, 5.41) is 4.47. The molecule has 0 aromatic heterocycles. The minimum absolute atomic E-state index is 0.621. The third-order valence-electron chi connectivity index (χ3n) is 19.5. The van der Waals surface area contributed by atoms with E-state index in [1.54, 1.807) is 12.1 Å². The van der Waals surface area contributed by atoms with Crippen LogP contribution in [0.1, 0.15) is 66.8 Å². The number of aryl methyl sites for hydroxylation is 1. The van der Waals surface area contributed by atoms with Gasteiger partial charge in [-0.1, -0.05) is 274 Å². The molecule has 0 spiro atoms. The molecular weight excluding hydrogens is 1140 g/mol. The van der Waals surface area contributed by atoms with Crippen molar-refractivity contribution in [3.05, 3.63) is 395 Å². The van der Waals surface area contributed by atoms with E-state index in [1.165, 1.54) is 51.1 Å². The first kappa shape index (κ1) is 56.7. The maximum Gasteiger partial charge on any atom is 0.416 e. The molecule has 0 N–H and O–H groups in total. The van der Waals surface area contributed by atoms with E-state index in [0.29, 0.717) is 0 Å². The largest absolute Gasteiger partial charge is 0.416 e. The fraction of sp³-hybridized carbons (Fsp3) is 0.0455. The zero-order chi connectivity index (χ0) is 63.0. The van der Waals surface area contributed by atoms with Crippen LogP contribution >= 0.6 is 0 Å². The van der Waals surface area contributed by atoms with E-state index in [4.69, 9.17) is 0 Å². The molecule has 2 atom stereocenters. The minimum Gasteiger partial charge on any atom is -0.310 e. The normalized spacial score (nSPS) is 15.3. The Morgan fingerprint density at radius 1 is 0.323 bits per heavy atom. The van der Waals surface area contributed by atoms with Crippen LogP contribution in [0, 0.1) is 6.92 Å². The van der Waals surface area contributed by atoms with Gasteiger partial charge >= 0.3 is 6.18 Å². The van der Waals surface area contributed by atoms with Crippen LogP contribution in [0.3, 0.4) is 0 Å². The lowest BCUT2D eigenvalue weighted by Gasteiger charge is -2.35. The molecule has 2 aliphatic rings. The van der Waals surface area contributed by atoms with Gasteiger partial charge in [-0.2, -0.15) is 13.2 Å². The molecule has 2 aliphatic carbocycles. The summed E-state index contributed by atoms with van der Waals surface area (Å²) in [5.74, 6) is 0. The van der Waals surface area contributed by atoms with Crippen molar-refractivity contribution in [1.29, 1.82) is 0 Å². The molecule has 5 heteroatoms. The van der Waals surface area contributed by atoms with E-state index >= 15 is 0 Å². The van der Waals surface area contributed by atoms with E-state index in [9.17, 15) is 13.2 Å². The van der Waals surface area contributed by atoms with Crippen LogP contribution in [0.2, 0.25) is 0 Å². The van der Waals surface area contributed by atoms with Crippen LogP contribution in [0.25, 0.3) is 67.1 Å². The summed E-state index contributed by atoms with van der Waals surface area (Å²) in [6.45, 7) is 10.3. The van der Waals surface area contributed by atoms with Gasteiger partial charge in [0, 0.05) is 33.5 Å². The van der Waals surface area contributed by atoms with E-state index < -0.39 is 22.6 Å². The van der Waals surface area contributed by atoms with E-state index in [1.807, 2.05) is 36.4 Å². The first-order valence-corrected chi connectivity index (χ1v) is 31.5. The predicted octanol–water partition coefficient (Wildman–Crippen LogP) is 23.9. The number of benzene rings is 14. The average molecular weight is 1200 g/mol. The van der Waals surface area contributed by atoms with Crippen molar-refractivity contribution >= 4 is 67.8 Å². The highest BCUT2D eigenvalue weighted by atomic mass is 19.4. The first-order chi connectivity index (χ1) is 45.5. The summed E-state index contributed by atoms with van der Waals surface area (Å²) in [6, 6.07) is 111. The van der Waals surface area contributed by atoms with Crippen LogP contribution in [-0.4, -0.2) is 0 Å². The third-order valence-corrected chi connectivity index (χ3v) is 19.5. The van der Waals surface area contributed by atoms with Crippen LogP contribution in [0.15, 0.2) is 329 Å². The van der Waals surface area contributed by atoms with E-state index in [0.717, 1.165) is 111 Å². The van der Waals surface area contributed by atoms with Gasteiger partial charge in [-0.3, -0.25) is 0 Å². The van der Waals surface area contributed by atoms with Crippen molar-refractivity contribution in [3.8, 4) is 33.4 Å². The smallest absolute Gasteiger partial charge is 0.310 e. The molecule has 16 rings (SSSR count). The third kappa shape index (κ3) is 9.17. The van der Waals surface area contributed by atoms with E-state index in [2.05, 4.69) is 297 Å². The Hall–Kier alpha value is -11.5. The van der Waals surface area contributed by atoms with Gasteiger partial charge in [-0.05, 0) is 180 Å². The Morgan fingerprint density at radius 2 is 0.667 bits per heavy atom. The molecule has 2 unspecified atom stereocenters. The number of hydrogen-bond donors (Lipinski definition) is 0. The summed E-state index contributed by atoms with van der Waals surface area (Å²) in [6.07, 6.45) is -0.781. The molecular formula is C88H61F3N2. The highest BCUT2D eigenvalue weighted by Gasteiger charge is 2.48. The van der Waals surface area contributed by atoms with Crippen molar-refractivity contribution in [2.24, 2.45) is 0 Å². The van der Waals surface area contributed by atoms with Crippen molar-refractivity contribution in [2.45, 2.75) is 23.9 Å². The number of alkyl halides is 3. The Morgan fingerprint density at radius 3 is 1.08 bits per heavy atom. The van der Waals surface area contributed by atoms with Crippen molar-refractivity contribution < 1.29 is 13.2 Å². The molecule has 444 valence electrons. The standard InChI is InChI=1S/C88H61F3N2/c1-4-59-30-40-66(41-31-59)86(65-38-28-58(3)29-39-65)80-24-12-10-22-76(80)78-54-52-72(56-82(78)86)92(84-26-14-18-63-16-6-8-20-74(63)84)70-48-34-61(35-49-70)62-36-50-71(51-37-62)93(85-27-15-19-64-17-7-9-21-75(64)85)73-53-55-79-77-23-11-13-25-81(77)87(83(79)57-73,67-42-32-60(5-2)33-43-67)68-44-46-69(47-45-68)88(89,90)91/h4-57H,1-2H2,3H3. The lowest BCUT2D eigenvalue weighted by Crippen LogP contribution is -2.29. The molecule has 0 amide bonds. The molecule has 0 saturated carbocycles. The molecule has 2 nitrogen and oxygen atoms in total. The number of anilines is 6. The van der Waals surface area contributed by atoms with Gasteiger partial charge in [-0.25, -0.2) is 0 Å². The number of nitrogens with zero attached hydrogens (tertiary/aromatic N) is 2. The zero-order valence-corrected chi connectivity index (χ0v) is 51.1. The lowest BCUT2D eigenvalue weighted by atomic mass is 9.67. The predicted molar refractivity (Wildman–Crippen MR) is 381 cm³/mol. The molecule has 0 aliphatic heterocycles.